The van der Waals surface area contributed by atoms with Gasteiger partial charge in [-0.25, -0.2) is 0 Å². The molecule has 1 aromatic rings. The third-order valence-electron chi connectivity index (χ3n) is 3.83. The first-order valence-electron chi connectivity index (χ1n) is 6.99. The van der Waals surface area contributed by atoms with Crippen LogP contribution < -0.4 is 5.32 Å². The van der Waals surface area contributed by atoms with Crippen LogP contribution in [0.15, 0.2) is 18.2 Å². The summed E-state index contributed by atoms with van der Waals surface area (Å²) < 4.78 is 0. The van der Waals surface area contributed by atoms with Crippen LogP contribution in [0.25, 0.3) is 0 Å². The second kappa shape index (κ2) is 5.55. The van der Waals surface area contributed by atoms with E-state index < -0.39 is 0 Å². The van der Waals surface area contributed by atoms with E-state index in [1.165, 1.54) is 11.1 Å². The van der Waals surface area contributed by atoms with Gasteiger partial charge >= 0.3 is 0 Å². The molecule has 102 valence electrons. The minimum absolute atomic E-state index is 0.150. The number of carbonyl (C=O) groups is 2. The molecule has 0 aliphatic carbocycles. The summed E-state index contributed by atoms with van der Waals surface area (Å²) in [5.41, 5.74) is 3.60. The zero-order valence-corrected chi connectivity index (χ0v) is 11.8. The number of hydrogen-bond acceptors (Lipinski definition) is 2. The van der Waals surface area contributed by atoms with Gasteiger partial charge in [0.05, 0.1) is 5.92 Å². The first-order valence-corrected chi connectivity index (χ1v) is 6.99. The summed E-state index contributed by atoms with van der Waals surface area (Å²) in [6.07, 6.45) is 1.97. The lowest BCUT2D eigenvalue weighted by molar-refractivity contribution is -0.134. The molecular weight excluding hydrogens is 238 g/mol. The van der Waals surface area contributed by atoms with E-state index in [4.69, 9.17) is 0 Å². The zero-order chi connectivity index (χ0) is 14.0. The summed E-state index contributed by atoms with van der Waals surface area (Å²) >= 11 is 0. The topological polar surface area (TPSA) is 46.2 Å². The number of piperidine rings is 1. The summed E-state index contributed by atoms with van der Waals surface area (Å²) in [5, 5.41) is 2.44. The Balaban J connectivity index is 2.34. The second-order valence-corrected chi connectivity index (χ2v) is 5.47. The van der Waals surface area contributed by atoms with E-state index in [0.29, 0.717) is 18.8 Å². The van der Waals surface area contributed by atoms with Gasteiger partial charge in [-0.2, -0.15) is 0 Å². The summed E-state index contributed by atoms with van der Waals surface area (Å²) in [5.74, 6) is 0.0105. The van der Waals surface area contributed by atoms with Crippen molar-refractivity contribution >= 4 is 11.8 Å². The summed E-state index contributed by atoms with van der Waals surface area (Å²) in [6.45, 7) is 6.44. The van der Waals surface area contributed by atoms with Crippen LogP contribution in [0.5, 0.6) is 0 Å². The van der Waals surface area contributed by atoms with Crippen LogP contribution >= 0.6 is 0 Å². The molecule has 3 heteroatoms. The molecule has 0 bridgehead atoms. The molecule has 1 saturated heterocycles. The smallest absolute Gasteiger partial charge is 0.234 e. The Kier molecular flexibility index (Phi) is 4.03. The number of benzene rings is 1. The number of rotatable bonds is 3. The minimum atomic E-state index is -0.172. The number of amides is 2. The van der Waals surface area contributed by atoms with Gasteiger partial charge in [-0.15, -0.1) is 0 Å². The summed E-state index contributed by atoms with van der Waals surface area (Å²) in [6, 6.07) is 6.36. The lowest BCUT2D eigenvalue weighted by atomic mass is 9.85. The molecule has 0 aromatic heterocycles. The van der Waals surface area contributed by atoms with Crippen molar-refractivity contribution in [1.29, 1.82) is 0 Å². The van der Waals surface area contributed by atoms with Crippen LogP contribution in [0.4, 0.5) is 0 Å². The highest BCUT2D eigenvalue weighted by Gasteiger charge is 2.29. The van der Waals surface area contributed by atoms with Gasteiger partial charge in [-0.3, -0.25) is 14.9 Å². The first kappa shape index (κ1) is 13.8. The molecule has 1 aliphatic heterocycles. The van der Waals surface area contributed by atoms with Gasteiger partial charge in [0, 0.05) is 6.42 Å². The zero-order valence-electron chi connectivity index (χ0n) is 11.8. The standard InChI is InChI=1S/C16H21NO2/c1-4-11-9-12(10(2)3)5-6-13(11)14-7-8-15(18)17-16(14)19/h5-6,9-10,14H,4,7-8H2,1-3H3,(H,17,18,19). The van der Waals surface area contributed by atoms with E-state index in [0.717, 1.165) is 12.0 Å². The Labute approximate surface area is 114 Å². The van der Waals surface area contributed by atoms with Gasteiger partial charge in [0.15, 0.2) is 0 Å². The summed E-state index contributed by atoms with van der Waals surface area (Å²) in [4.78, 5) is 23.2. The van der Waals surface area contributed by atoms with Gasteiger partial charge in [0.1, 0.15) is 0 Å². The second-order valence-electron chi connectivity index (χ2n) is 5.47. The predicted molar refractivity (Wildman–Crippen MR) is 75.0 cm³/mol. The molecule has 1 N–H and O–H groups in total. The minimum Gasteiger partial charge on any atom is -0.296 e. The van der Waals surface area contributed by atoms with E-state index >= 15 is 0 Å². The monoisotopic (exact) mass is 259 g/mol. The number of hydrogen-bond donors (Lipinski definition) is 1. The predicted octanol–water partition coefficient (Wildman–Crippen LogP) is 2.89. The quantitative estimate of drug-likeness (QED) is 0.848. The van der Waals surface area contributed by atoms with Crippen molar-refractivity contribution in [3.05, 3.63) is 34.9 Å². The van der Waals surface area contributed by atoms with Crippen molar-refractivity contribution in [2.24, 2.45) is 0 Å². The van der Waals surface area contributed by atoms with E-state index in [2.05, 4.69) is 44.3 Å². The van der Waals surface area contributed by atoms with E-state index in [1.54, 1.807) is 0 Å². The third kappa shape index (κ3) is 2.86. The Hall–Kier alpha value is -1.64. The van der Waals surface area contributed by atoms with Crippen LogP contribution in [0.1, 0.15) is 62.1 Å². The molecule has 0 radical (unpaired) electrons. The van der Waals surface area contributed by atoms with Crippen molar-refractivity contribution in [3.8, 4) is 0 Å². The van der Waals surface area contributed by atoms with Crippen LogP contribution in [-0.2, 0) is 16.0 Å². The van der Waals surface area contributed by atoms with Gasteiger partial charge < -0.3 is 0 Å². The van der Waals surface area contributed by atoms with Crippen LogP contribution in [0.3, 0.4) is 0 Å². The highest BCUT2D eigenvalue weighted by molar-refractivity contribution is 6.01. The number of carbonyl (C=O) groups excluding carboxylic acids is 2. The Morgan fingerprint density at radius 1 is 1.32 bits per heavy atom. The number of nitrogens with one attached hydrogen (secondary N) is 1. The third-order valence-corrected chi connectivity index (χ3v) is 3.83. The Morgan fingerprint density at radius 3 is 2.63 bits per heavy atom. The van der Waals surface area contributed by atoms with Gasteiger partial charge in [-0.05, 0) is 35.4 Å². The molecular formula is C16H21NO2. The lowest BCUT2D eigenvalue weighted by Gasteiger charge is -2.24. The van der Waals surface area contributed by atoms with Crippen molar-refractivity contribution < 1.29 is 9.59 Å². The molecule has 1 fully saturated rings. The van der Waals surface area contributed by atoms with Crippen LogP contribution in [0, 0.1) is 0 Å². The fourth-order valence-corrected chi connectivity index (χ4v) is 2.62. The molecule has 1 aromatic carbocycles. The average Bonchev–Trinajstić information content (AvgIpc) is 2.38. The van der Waals surface area contributed by atoms with E-state index in [-0.39, 0.29) is 17.7 Å². The van der Waals surface area contributed by atoms with Crippen molar-refractivity contribution in [2.75, 3.05) is 0 Å². The van der Waals surface area contributed by atoms with Crippen LogP contribution in [0.2, 0.25) is 0 Å². The maximum atomic E-state index is 12.0. The van der Waals surface area contributed by atoms with Gasteiger partial charge in [-0.1, -0.05) is 39.0 Å². The largest absolute Gasteiger partial charge is 0.296 e. The normalized spacial score (nSPS) is 19.7. The Bertz CT molecular complexity index is 505. The summed E-state index contributed by atoms with van der Waals surface area (Å²) in [7, 11) is 0. The van der Waals surface area contributed by atoms with Crippen molar-refractivity contribution in [1.82, 2.24) is 5.32 Å². The highest BCUT2D eigenvalue weighted by Crippen LogP contribution is 2.30. The molecule has 1 unspecified atom stereocenters. The maximum Gasteiger partial charge on any atom is 0.234 e. The lowest BCUT2D eigenvalue weighted by Crippen LogP contribution is -2.39. The fourth-order valence-electron chi connectivity index (χ4n) is 2.62. The average molecular weight is 259 g/mol. The molecule has 2 amide bonds. The molecule has 3 nitrogen and oxygen atoms in total. The van der Waals surface area contributed by atoms with Crippen LogP contribution in [-0.4, -0.2) is 11.8 Å². The van der Waals surface area contributed by atoms with E-state index in [1.807, 2.05) is 0 Å². The number of aryl methyl sites for hydroxylation is 1. The van der Waals surface area contributed by atoms with Crippen molar-refractivity contribution in [3.63, 3.8) is 0 Å². The number of imide groups is 1. The molecule has 2 rings (SSSR count). The molecule has 19 heavy (non-hydrogen) atoms. The van der Waals surface area contributed by atoms with E-state index in [9.17, 15) is 9.59 Å². The fraction of sp³-hybridized carbons (Fsp3) is 0.500. The van der Waals surface area contributed by atoms with Crippen molar-refractivity contribution in [2.45, 2.75) is 51.9 Å². The molecule has 0 saturated carbocycles. The first-order chi connectivity index (χ1) is 9.02. The van der Waals surface area contributed by atoms with Gasteiger partial charge in [0.2, 0.25) is 11.8 Å². The highest BCUT2D eigenvalue weighted by atomic mass is 16.2. The molecule has 1 heterocycles. The molecule has 0 spiro atoms. The SMILES string of the molecule is CCc1cc(C(C)C)ccc1C1CCC(=O)NC1=O. The maximum absolute atomic E-state index is 12.0. The van der Waals surface area contributed by atoms with Gasteiger partial charge in [0.25, 0.3) is 0 Å². The molecule has 1 atom stereocenters. The Morgan fingerprint density at radius 2 is 2.05 bits per heavy atom. The molecule has 1 aliphatic rings.